The third-order valence-corrected chi connectivity index (χ3v) is 4.47. The minimum Gasteiger partial charge on any atom is -0.496 e. The van der Waals surface area contributed by atoms with Crippen LogP contribution < -0.4 is 19.6 Å². The fourth-order valence-electron chi connectivity index (χ4n) is 3.01. The van der Waals surface area contributed by atoms with Crippen molar-refractivity contribution in [1.82, 2.24) is 5.43 Å². The highest BCUT2D eigenvalue weighted by Gasteiger charge is 2.16. The first-order valence-corrected chi connectivity index (χ1v) is 9.16. The van der Waals surface area contributed by atoms with E-state index >= 15 is 0 Å². The van der Waals surface area contributed by atoms with Gasteiger partial charge in [-0.25, -0.2) is 5.43 Å². The smallest absolute Gasteiger partial charge is 0.273 e. The lowest BCUT2D eigenvalue weighted by Crippen LogP contribution is -2.19. The topological polar surface area (TPSA) is 125 Å². The van der Waals surface area contributed by atoms with Crippen LogP contribution in [0.15, 0.2) is 58.0 Å². The first-order valence-electron chi connectivity index (χ1n) is 9.16. The van der Waals surface area contributed by atoms with Crippen LogP contribution >= 0.6 is 0 Å². The van der Waals surface area contributed by atoms with E-state index in [1.807, 2.05) is 0 Å². The van der Waals surface area contributed by atoms with Crippen molar-refractivity contribution in [2.24, 2.45) is 5.10 Å². The van der Waals surface area contributed by atoms with Gasteiger partial charge < -0.3 is 18.6 Å². The van der Waals surface area contributed by atoms with E-state index in [2.05, 4.69) is 10.5 Å². The molecule has 0 fully saturated rings. The van der Waals surface area contributed by atoms with Crippen LogP contribution in [0.1, 0.15) is 11.3 Å². The number of methoxy groups -OCH3 is 1. The largest absolute Gasteiger partial charge is 0.496 e. The number of carbonyl (C=O) groups excluding carboxylic acids is 1. The molecule has 31 heavy (non-hydrogen) atoms. The Hall–Kier alpha value is -4.34. The normalized spacial score (nSPS) is 12.2. The molecule has 1 aliphatic rings. The Bertz CT molecular complexity index is 1170. The van der Waals surface area contributed by atoms with Gasteiger partial charge in [0.25, 0.3) is 5.69 Å². The second-order valence-electron chi connectivity index (χ2n) is 6.50. The van der Waals surface area contributed by atoms with Crippen LogP contribution in [0.4, 0.5) is 5.69 Å². The van der Waals surface area contributed by atoms with Gasteiger partial charge in [-0.2, -0.15) is 5.10 Å². The number of benzene rings is 2. The van der Waals surface area contributed by atoms with Crippen molar-refractivity contribution < 1.29 is 28.3 Å². The third kappa shape index (κ3) is 4.47. The van der Waals surface area contributed by atoms with Crippen LogP contribution in [0.5, 0.6) is 17.2 Å². The van der Waals surface area contributed by atoms with E-state index in [9.17, 15) is 14.9 Å². The summed E-state index contributed by atoms with van der Waals surface area (Å²) >= 11 is 0. The van der Waals surface area contributed by atoms with Gasteiger partial charge in [-0.1, -0.05) is 6.07 Å². The number of nitrogens with zero attached hydrogens (tertiary/aromatic N) is 2. The molecule has 0 saturated heterocycles. The number of rotatable bonds is 7. The van der Waals surface area contributed by atoms with Gasteiger partial charge in [-0.05, 0) is 35.9 Å². The number of ether oxygens (including phenoxy) is 3. The minimum atomic E-state index is -0.501. The van der Waals surface area contributed by atoms with Gasteiger partial charge in [0.15, 0.2) is 11.5 Å². The van der Waals surface area contributed by atoms with Crippen molar-refractivity contribution in [3.8, 4) is 28.6 Å². The summed E-state index contributed by atoms with van der Waals surface area (Å²) in [4.78, 5) is 22.5. The zero-order chi connectivity index (χ0) is 21.8. The van der Waals surface area contributed by atoms with Gasteiger partial charge in [-0.3, -0.25) is 14.9 Å². The van der Waals surface area contributed by atoms with Crippen LogP contribution in [-0.2, 0) is 11.2 Å². The highest BCUT2D eigenvalue weighted by Crippen LogP contribution is 2.34. The lowest BCUT2D eigenvalue weighted by atomic mass is 10.1. The number of hydrogen-bond acceptors (Lipinski definition) is 8. The van der Waals surface area contributed by atoms with Crippen molar-refractivity contribution in [2.45, 2.75) is 6.42 Å². The highest BCUT2D eigenvalue weighted by atomic mass is 16.7. The quantitative estimate of drug-likeness (QED) is 0.351. The number of nitrogens with one attached hydrogen (secondary N) is 1. The Morgan fingerprint density at radius 3 is 2.84 bits per heavy atom. The molecule has 4 rings (SSSR count). The summed E-state index contributed by atoms with van der Waals surface area (Å²) in [6.45, 7) is 0.173. The number of hydrogen-bond donors (Lipinski definition) is 1. The molecule has 10 heteroatoms. The Balaban J connectivity index is 1.38. The summed E-state index contributed by atoms with van der Waals surface area (Å²) < 4.78 is 21.4. The molecule has 2 aromatic carbocycles. The van der Waals surface area contributed by atoms with Crippen LogP contribution in [-0.4, -0.2) is 30.9 Å². The highest BCUT2D eigenvalue weighted by molar-refractivity contribution is 5.82. The van der Waals surface area contributed by atoms with E-state index in [0.717, 1.165) is 5.56 Å². The first-order chi connectivity index (χ1) is 15.0. The number of nitro benzene ring substituents is 1. The zero-order valence-electron chi connectivity index (χ0n) is 16.4. The Kier molecular flexibility index (Phi) is 5.52. The zero-order valence-corrected chi connectivity index (χ0v) is 16.4. The molecule has 10 nitrogen and oxygen atoms in total. The number of amides is 1. The predicted molar refractivity (Wildman–Crippen MR) is 109 cm³/mol. The van der Waals surface area contributed by atoms with Crippen molar-refractivity contribution in [1.29, 1.82) is 0 Å². The lowest BCUT2D eigenvalue weighted by Gasteiger charge is -2.05. The summed E-state index contributed by atoms with van der Waals surface area (Å²) in [5, 5.41) is 14.8. The molecule has 0 spiro atoms. The minimum absolute atomic E-state index is 0.0842. The SMILES string of the molecule is COc1cc([N+](=O)[O-])ccc1-c1ccc(/C=N\NC(=O)Cc2ccc3c(c2)OCO3)o1. The molecule has 0 saturated carbocycles. The van der Waals surface area contributed by atoms with Gasteiger partial charge in [0.1, 0.15) is 17.3 Å². The average Bonchev–Trinajstić information content (AvgIpc) is 3.42. The number of hydrazone groups is 1. The molecule has 1 N–H and O–H groups in total. The van der Waals surface area contributed by atoms with Crippen molar-refractivity contribution >= 4 is 17.8 Å². The fourth-order valence-corrected chi connectivity index (χ4v) is 3.01. The van der Waals surface area contributed by atoms with Crippen LogP contribution in [0.2, 0.25) is 0 Å². The van der Waals surface area contributed by atoms with Crippen molar-refractivity contribution in [3.63, 3.8) is 0 Å². The summed E-state index contributed by atoms with van der Waals surface area (Å²) in [6, 6.07) is 12.9. The maximum Gasteiger partial charge on any atom is 0.273 e. The van der Waals surface area contributed by atoms with E-state index < -0.39 is 4.92 Å². The first kappa shape index (κ1) is 20.0. The van der Waals surface area contributed by atoms with Gasteiger partial charge in [0.2, 0.25) is 12.7 Å². The van der Waals surface area contributed by atoms with Crippen molar-refractivity contribution in [2.75, 3.05) is 13.9 Å². The average molecular weight is 423 g/mol. The molecule has 1 aliphatic heterocycles. The summed E-state index contributed by atoms with van der Waals surface area (Å²) in [7, 11) is 1.42. The second kappa shape index (κ2) is 8.57. The monoisotopic (exact) mass is 423 g/mol. The molecular formula is C21H17N3O7. The molecule has 1 aromatic heterocycles. The molecule has 0 atom stereocenters. The molecule has 0 aliphatic carbocycles. The summed E-state index contributed by atoms with van der Waals surface area (Å²) in [5.41, 5.74) is 3.67. The summed E-state index contributed by atoms with van der Waals surface area (Å²) in [6.07, 6.45) is 1.48. The van der Waals surface area contributed by atoms with E-state index in [1.165, 1.54) is 25.5 Å². The fraction of sp³-hybridized carbons (Fsp3) is 0.143. The van der Waals surface area contributed by atoms with E-state index in [0.29, 0.717) is 34.3 Å². The maximum absolute atomic E-state index is 12.1. The number of non-ortho nitro benzene ring substituents is 1. The van der Waals surface area contributed by atoms with Gasteiger partial charge >= 0.3 is 0 Å². The molecule has 158 valence electrons. The third-order valence-electron chi connectivity index (χ3n) is 4.47. The van der Waals surface area contributed by atoms with Crippen LogP contribution in [0.3, 0.4) is 0 Å². The molecule has 1 amide bonds. The summed E-state index contributed by atoms with van der Waals surface area (Å²) in [5.74, 6) is 2.10. The molecule has 0 unspecified atom stereocenters. The predicted octanol–water partition coefficient (Wildman–Crippen LogP) is 3.28. The van der Waals surface area contributed by atoms with E-state index in [1.54, 1.807) is 36.4 Å². The Morgan fingerprint density at radius 1 is 1.19 bits per heavy atom. The van der Waals surface area contributed by atoms with E-state index in [4.69, 9.17) is 18.6 Å². The molecule has 0 bridgehead atoms. The van der Waals surface area contributed by atoms with Crippen molar-refractivity contribution in [3.05, 3.63) is 70.0 Å². The van der Waals surface area contributed by atoms with Gasteiger partial charge in [0, 0.05) is 6.07 Å². The number of nitro groups is 1. The maximum atomic E-state index is 12.1. The molecule has 0 radical (unpaired) electrons. The molecule has 2 heterocycles. The van der Waals surface area contributed by atoms with E-state index in [-0.39, 0.29) is 24.8 Å². The van der Waals surface area contributed by atoms with Crippen LogP contribution in [0, 0.1) is 10.1 Å². The standard InChI is InChI=1S/C21H17N3O7/c1-28-19-10-14(24(26)27)3-5-16(19)17-7-4-15(31-17)11-22-23-21(25)9-13-2-6-18-20(8-13)30-12-29-18/h2-8,10-11H,9,12H2,1H3,(H,23,25)/b22-11-. The molecular weight excluding hydrogens is 406 g/mol. The Labute approximate surface area is 176 Å². The van der Waals surface area contributed by atoms with Gasteiger partial charge in [-0.15, -0.1) is 0 Å². The van der Waals surface area contributed by atoms with Gasteiger partial charge in [0.05, 0.1) is 36.3 Å². The number of fused-ring (bicyclic) bond motifs is 1. The lowest BCUT2D eigenvalue weighted by molar-refractivity contribution is -0.384. The Morgan fingerprint density at radius 2 is 2.03 bits per heavy atom. The molecule has 3 aromatic rings. The number of carbonyl (C=O) groups is 1. The van der Waals surface area contributed by atoms with Crippen LogP contribution in [0.25, 0.3) is 11.3 Å². The second-order valence-corrected chi connectivity index (χ2v) is 6.50. The number of furan rings is 1.